The minimum Gasteiger partial charge on any atom is -0.384 e. The summed E-state index contributed by atoms with van der Waals surface area (Å²) in [5.41, 5.74) is 6.97. The molecule has 20 heavy (non-hydrogen) atoms. The first-order chi connectivity index (χ1) is 9.25. The van der Waals surface area contributed by atoms with Crippen LogP contribution < -0.4 is 11.1 Å². The summed E-state index contributed by atoms with van der Waals surface area (Å²) in [5, 5.41) is 2.77. The molecule has 0 spiro atoms. The van der Waals surface area contributed by atoms with Crippen molar-refractivity contribution in [3.05, 3.63) is 40.1 Å². The molecule has 3 N–H and O–H groups in total. The Balaban J connectivity index is 2.36. The van der Waals surface area contributed by atoms with Crippen molar-refractivity contribution in [1.29, 1.82) is 0 Å². The molecule has 106 valence electrons. The van der Waals surface area contributed by atoms with Crippen LogP contribution in [0.1, 0.15) is 11.4 Å². The van der Waals surface area contributed by atoms with Crippen molar-refractivity contribution in [2.45, 2.75) is 13.1 Å². The second-order valence-electron chi connectivity index (χ2n) is 4.11. The van der Waals surface area contributed by atoms with Crippen LogP contribution in [0.5, 0.6) is 0 Å². The number of nitrogens with zero attached hydrogens (tertiary/aromatic N) is 2. The number of nitrogens with two attached hydrogens (primary N) is 1. The minimum atomic E-state index is -4.64. The van der Waals surface area contributed by atoms with Crippen molar-refractivity contribution < 1.29 is 13.2 Å². The predicted molar refractivity (Wildman–Crippen MR) is 73.6 cm³/mol. The summed E-state index contributed by atoms with van der Waals surface area (Å²) in [6, 6.07) is 6.62. The fourth-order valence-electron chi connectivity index (χ4n) is 1.52. The van der Waals surface area contributed by atoms with Gasteiger partial charge in [-0.15, -0.1) is 0 Å². The maximum atomic E-state index is 12.6. The quantitative estimate of drug-likeness (QED) is 0.865. The van der Waals surface area contributed by atoms with Crippen LogP contribution >= 0.6 is 15.9 Å². The summed E-state index contributed by atoms with van der Waals surface area (Å²) in [4.78, 5) is 6.59. The van der Waals surface area contributed by atoms with Crippen LogP contribution in [-0.4, -0.2) is 9.97 Å². The van der Waals surface area contributed by atoms with E-state index in [1.807, 2.05) is 19.1 Å². The number of rotatable bonds is 2. The van der Waals surface area contributed by atoms with Gasteiger partial charge < -0.3 is 11.1 Å². The Kier molecular flexibility index (Phi) is 3.85. The second kappa shape index (κ2) is 5.28. The van der Waals surface area contributed by atoms with E-state index in [0.29, 0.717) is 10.2 Å². The molecular formula is C12H10BrF3N4. The van der Waals surface area contributed by atoms with E-state index >= 15 is 0 Å². The van der Waals surface area contributed by atoms with E-state index in [1.54, 1.807) is 6.07 Å². The van der Waals surface area contributed by atoms with Crippen molar-refractivity contribution >= 4 is 33.3 Å². The molecule has 0 bridgehead atoms. The number of alkyl halides is 3. The van der Waals surface area contributed by atoms with E-state index in [-0.39, 0.29) is 11.6 Å². The molecule has 0 aliphatic rings. The van der Waals surface area contributed by atoms with Crippen LogP contribution in [0, 0.1) is 6.92 Å². The van der Waals surface area contributed by atoms with E-state index in [0.717, 1.165) is 5.56 Å². The highest BCUT2D eigenvalue weighted by atomic mass is 79.9. The molecule has 2 rings (SSSR count). The van der Waals surface area contributed by atoms with Gasteiger partial charge in [-0.05, 0) is 40.5 Å². The molecule has 2 aromatic rings. The zero-order valence-electron chi connectivity index (χ0n) is 10.3. The summed E-state index contributed by atoms with van der Waals surface area (Å²) in [6.07, 6.45) is -4.64. The number of nitrogen functional groups attached to an aromatic ring is 1. The fourth-order valence-corrected chi connectivity index (χ4v) is 2.11. The van der Waals surface area contributed by atoms with Crippen molar-refractivity contribution in [2.75, 3.05) is 11.1 Å². The third-order valence-corrected chi connectivity index (χ3v) is 3.04. The molecule has 1 aromatic carbocycles. The molecule has 0 saturated carbocycles. The normalized spacial score (nSPS) is 11.4. The summed E-state index contributed by atoms with van der Waals surface area (Å²) in [7, 11) is 0. The van der Waals surface area contributed by atoms with Crippen molar-refractivity contribution in [3.8, 4) is 0 Å². The number of aryl methyl sites for hydroxylation is 1. The Morgan fingerprint density at radius 3 is 2.50 bits per heavy atom. The number of aromatic nitrogens is 2. The Hall–Kier alpha value is -1.83. The fraction of sp³-hybridized carbons (Fsp3) is 0.167. The smallest absolute Gasteiger partial charge is 0.384 e. The van der Waals surface area contributed by atoms with Gasteiger partial charge >= 0.3 is 6.18 Å². The van der Waals surface area contributed by atoms with Gasteiger partial charge in [0.05, 0.1) is 5.69 Å². The molecule has 0 amide bonds. The Morgan fingerprint density at radius 1 is 1.20 bits per heavy atom. The third-order valence-electron chi connectivity index (χ3n) is 2.39. The summed E-state index contributed by atoms with van der Waals surface area (Å²) >= 11 is 3.32. The van der Waals surface area contributed by atoms with Gasteiger partial charge in [-0.2, -0.15) is 13.2 Å². The molecule has 0 radical (unpaired) electrons. The molecule has 0 aliphatic heterocycles. The average Bonchev–Trinajstić information content (AvgIpc) is 2.31. The molecule has 0 saturated heterocycles. The summed E-state index contributed by atoms with van der Waals surface area (Å²) in [5.74, 6) is -1.55. The maximum absolute atomic E-state index is 12.6. The third kappa shape index (κ3) is 3.38. The van der Waals surface area contributed by atoms with Gasteiger partial charge in [0.25, 0.3) is 0 Å². The standard InChI is InChI=1S/C12H10BrF3N4/c1-6-2-3-8(7(13)4-6)18-10-5-9(17)19-11(20-10)12(14,15)16/h2-5H,1H3,(H3,17,18,19,20). The average molecular weight is 347 g/mol. The van der Waals surface area contributed by atoms with Crippen molar-refractivity contribution in [3.63, 3.8) is 0 Å². The lowest BCUT2D eigenvalue weighted by atomic mass is 10.2. The van der Waals surface area contributed by atoms with E-state index in [4.69, 9.17) is 5.73 Å². The van der Waals surface area contributed by atoms with Crippen LogP contribution in [0.3, 0.4) is 0 Å². The second-order valence-corrected chi connectivity index (χ2v) is 4.96. The molecule has 4 nitrogen and oxygen atoms in total. The lowest BCUT2D eigenvalue weighted by Crippen LogP contribution is -2.13. The largest absolute Gasteiger partial charge is 0.451 e. The molecular weight excluding hydrogens is 337 g/mol. The predicted octanol–water partition coefficient (Wildman–Crippen LogP) is 3.89. The Labute approximate surface area is 121 Å². The van der Waals surface area contributed by atoms with Crippen LogP contribution in [-0.2, 0) is 6.18 Å². The van der Waals surface area contributed by atoms with E-state index < -0.39 is 12.0 Å². The van der Waals surface area contributed by atoms with Crippen LogP contribution in [0.2, 0.25) is 0 Å². The zero-order chi connectivity index (χ0) is 14.9. The van der Waals surface area contributed by atoms with Gasteiger partial charge in [0, 0.05) is 10.5 Å². The monoisotopic (exact) mass is 346 g/mol. The maximum Gasteiger partial charge on any atom is 0.451 e. The van der Waals surface area contributed by atoms with Crippen LogP contribution in [0.25, 0.3) is 0 Å². The van der Waals surface area contributed by atoms with Gasteiger partial charge in [0.2, 0.25) is 5.82 Å². The Bertz CT molecular complexity index is 643. The number of benzene rings is 1. The number of hydrogen-bond acceptors (Lipinski definition) is 4. The SMILES string of the molecule is Cc1ccc(Nc2cc(N)nc(C(F)(F)F)n2)c(Br)c1. The molecule has 1 heterocycles. The highest BCUT2D eigenvalue weighted by Gasteiger charge is 2.35. The van der Waals surface area contributed by atoms with Gasteiger partial charge in [-0.25, -0.2) is 9.97 Å². The van der Waals surface area contributed by atoms with Crippen molar-refractivity contribution in [2.24, 2.45) is 0 Å². The number of halogens is 4. The lowest BCUT2D eigenvalue weighted by molar-refractivity contribution is -0.144. The van der Waals surface area contributed by atoms with Crippen molar-refractivity contribution in [1.82, 2.24) is 9.97 Å². The lowest BCUT2D eigenvalue weighted by Gasteiger charge is -2.11. The van der Waals surface area contributed by atoms with Crippen LogP contribution in [0.15, 0.2) is 28.7 Å². The Morgan fingerprint density at radius 2 is 1.90 bits per heavy atom. The number of hydrogen-bond donors (Lipinski definition) is 2. The molecule has 1 aromatic heterocycles. The van der Waals surface area contributed by atoms with E-state index in [1.165, 1.54) is 6.07 Å². The molecule has 0 aliphatic carbocycles. The molecule has 0 atom stereocenters. The molecule has 8 heteroatoms. The first-order valence-corrected chi connectivity index (χ1v) is 6.30. The van der Waals surface area contributed by atoms with Gasteiger partial charge in [-0.1, -0.05) is 6.07 Å². The first kappa shape index (κ1) is 14.6. The minimum absolute atomic E-state index is 0.0191. The molecule has 0 fully saturated rings. The van der Waals surface area contributed by atoms with Gasteiger partial charge in [0.15, 0.2) is 0 Å². The number of anilines is 3. The molecule has 0 unspecified atom stereocenters. The highest BCUT2D eigenvalue weighted by molar-refractivity contribution is 9.10. The topological polar surface area (TPSA) is 63.8 Å². The summed E-state index contributed by atoms with van der Waals surface area (Å²) < 4.78 is 38.5. The van der Waals surface area contributed by atoms with Gasteiger partial charge in [0.1, 0.15) is 11.6 Å². The van der Waals surface area contributed by atoms with Crippen LogP contribution in [0.4, 0.5) is 30.5 Å². The zero-order valence-corrected chi connectivity index (χ0v) is 11.9. The highest BCUT2D eigenvalue weighted by Crippen LogP contribution is 2.30. The number of nitrogens with one attached hydrogen (secondary N) is 1. The van der Waals surface area contributed by atoms with Gasteiger partial charge in [-0.3, -0.25) is 0 Å². The summed E-state index contributed by atoms with van der Waals surface area (Å²) in [6.45, 7) is 1.90. The first-order valence-electron chi connectivity index (χ1n) is 5.50. The van der Waals surface area contributed by atoms with E-state index in [2.05, 4.69) is 31.2 Å². The van der Waals surface area contributed by atoms with E-state index in [9.17, 15) is 13.2 Å².